The minimum Gasteiger partial charge on any atom is -0.352 e. The van der Waals surface area contributed by atoms with Gasteiger partial charge in [0.25, 0.3) is 0 Å². The zero-order valence-electron chi connectivity index (χ0n) is 13.4. The predicted octanol–water partition coefficient (Wildman–Crippen LogP) is 2.71. The summed E-state index contributed by atoms with van der Waals surface area (Å²) < 4.78 is 1.96. The summed E-state index contributed by atoms with van der Waals surface area (Å²) >= 11 is 0. The molecular formula is C16H29N3O. The molecular weight excluding hydrogens is 250 g/mol. The molecule has 0 aromatic carbocycles. The Morgan fingerprint density at radius 3 is 2.45 bits per heavy atom. The maximum atomic E-state index is 12.0. The van der Waals surface area contributed by atoms with Gasteiger partial charge < -0.3 is 15.2 Å². The van der Waals surface area contributed by atoms with Gasteiger partial charge in [0.15, 0.2) is 0 Å². The number of amides is 1. The molecule has 0 saturated heterocycles. The van der Waals surface area contributed by atoms with Crippen molar-refractivity contribution in [3.05, 3.63) is 24.0 Å². The van der Waals surface area contributed by atoms with Gasteiger partial charge in [-0.05, 0) is 37.4 Å². The van der Waals surface area contributed by atoms with Crippen molar-refractivity contribution in [2.75, 3.05) is 7.05 Å². The number of hydrogen-bond acceptors (Lipinski definition) is 2. The second-order valence-corrected chi connectivity index (χ2v) is 5.71. The highest BCUT2D eigenvalue weighted by molar-refractivity contribution is 5.76. The first-order valence-corrected chi connectivity index (χ1v) is 7.64. The van der Waals surface area contributed by atoms with Crippen molar-refractivity contribution in [3.63, 3.8) is 0 Å². The first-order valence-electron chi connectivity index (χ1n) is 7.64. The Labute approximate surface area is 122 Å². The summed E-state index contributed by atoms with van der Waals surface area (Å²) in [6.45, 7) is 8.98. The summed E-state index contributed by atoms with van der Waals surface area (Å²) in [4.78, 5) is 12.0. The molecule has 1 aromatic heterocycles. The molecule has 0 bridgehead atoms. The normalized spacial score (nSPS) is 12.9. The van der Waals surface area contributed by atoms with Gasteiger partial charge in [-0.1, -0.05) is 27.7 Å². The van der Waals surface area contributed by atoms with Crippen molar-refractivity contribution in [2.24, 2.45) is 5.92 Å². The number of rotatable bonds is 8. The van der Waals surface area contributed by atoms with Crippen molar-refractivity contribution in [3.8, 4) is 0 Å². The van der Waals surface area contributed by atoms with E-state index in [0.717, 1.165) is 12.8 Å². The fourth-order valence-electron chi connectivity index (χ4n) is 2.56. The van der Waals surface area contributed by atoms with E-state index in [-0.39, 0.29) is 5.91 Å². The maximum Gasteiger partial charge on any atom is 0.240 e. The molecule has 1 rings (SSSR count). The number of nitrogens with zero attached hydrogens (tertiary/aromatic N) is 1. The molecule has 0 radical (unpaired) electrons. The van der Waals surface area contributed by atoms with E-state index in [2.05, 4.69) is 50.6 Å². The highest BCUT2D eigenvalue weighted by Gasteiger charge is 2.15. The smallest absolute Gasteiger partial charge is 0.240 e. The molecule has 1 aromatic rings. The summed E-state index contributed by atoms with van der Waals surface area (Å²) in [7, 11) is 1.97. The molecule has 1 amide bonds. The van der Waals surface area contributed by atoms with Crippen LogP contribution in [0.4, 0.5) is 0 Å². The van der Waals surface area contributed by atoms with Crippen LogP contribution in [0.3, 0.4) is 0 Å². The Bertz CT molecular complexity index is 408. The van der Waals surface area contributed by atoms with Crippen LogP contribution in [0.25, 0.3) is 0 Å². The molecule has 1 heterocycles. The Balaban J connectivity index is 2.61. The average molecular weight is 279 g/mol. The molecule has 0 spiro atoms. The van der Waals surface area contributed by atoms with Gasteiger partial charge in [0.05, 0.1) is 0 Å². The van der Waals surface area contributed by atoms with Crippen molar-refractivity contribution >= 4 is 5.91 Å². The van der Waals surface area contributed by atoms with Gasteiger partial charge in [0, 0.05) is 24.5 Å². The number of nitrogens with one attached hydrogen (secondary N) is 2. The van der Waals surface area contributed by atoms with E-state index in [9.17, 15) is 4.79 Å². The van der Waals surface area contributed by atoms with Crippen LogP contribution in [0, 0.1) is 5.92 Å². The lowest BCUT2D eigenvalue weighted by Gasteiger charge is -2.19. The lowest BCUT2D eigenvalue weighted by atomic mass is 9.99. The van der Waals surface area contributed by atoms with E-state index in [0.29, 0.717) is 24.5 Å². The summed E-state index contributed by atoms with van der Waals surface area (Å²) in [6, 6.07) is 2.71. The van der Waals surface area contributed by atoms with Crippen molar-refractivity contribution < 1.29 is 4.79 Å². The van der Waals surface area contributed by atoms with Crippen LogP contribution in [-0.2, 0) is 11.3 Å². The number of carbonyl (C=O) groups excluding carboxylic acids is 1. The number of carbonyl (C=O) groups is 1. The third-order valence-corrected chi connectivity index (χ3v) is 3.79. The number of aromatic nitrogens is 1. The van der Waals surface area contributed by atoms with Crippen LogP contribution in [-0.4, -0.2) is 23.6 Å². The van der Waals surface area contributed by atoms with Gasteiger partial charge in [-0.25, -0.2) is 0 Å². The molecule has 114 valence electrons. The predicted molar refractivity (Wildman–Crippen MR) is 83.6 cm³/mol. The third kappa shape index (κ3) is 4.67. The second-order valence-electron chi connectivity index (χ2n) is 5.71. The van der Waals surface area contributed by atoms with Crippen LogP contribution in [0.5, 0.6) is 0 Å². The lowest BCUT2D eigenvalue weighted by Crippen LogP contribution is -2.36. The van der Waals surface area contributed by atoms with E-state index in [1.165, 1.54) is 5.56 Å². The monoisotopic (exact) mass is 279 g/mol. The van der Waals surface area contributed by atoms with Crippen LogP contribution in [0.1, 0.15) is 52.1 Å². The SMILES string of the molecule is CCC(CC)NC(=O)Cn1ccc(C(NC)C(C)C)c1. The molecule has 1 atom stereocenters. The largest absolute Gasteiger partial charge is 0.352 e. The van der Waals surface area contributed by atoms with Crippen LogP contribution >= 0.6 is 0 Å². The van der Waals surface area contributed by atoms with Gasteiger partial charge in [0.2, 0.25) is 5.91 Å². The van der Waals surface area contributed by atoms with E-state index in [1.807, 2.05) is 17.8 Å². The first kappa shape index (κ1) is 16.8. The highest BCUT2D eigenvalue weighted by Crippen LogP contribution is 2.21. The summed E-state index contributed by atoms with van der Waals surface area (Å²) in [6.07, 6.45) is 6.00. The zero-order valence-corrected chi connectivity index (χ0v) is 13.4. The fraction of sp³-hybridized carbons (Fsp3) is 0.688. The highest BCUT2D eigenvalue weighted by atomic mass is 16.2. The Morgan fingerprint density at radius 1 is 1.30 bits per heavy atom. The molecule has 1 unspecified atom stereocenters. The Kier molecular flexibility index (Phi) is 6.79. The summed E-state index contributed by atoms with van der Waals surface area (Å²) in [5.41, 5.74) is 1.23. The molecule has 0 saturated carbocycles. The summed E-state index contributed by atoms with van der Waals surface area (Å²) in [5.74, 6) is 0.612. The van der Waals surface area contributed by atoms with Gasteiger partial charge in [-0.2, -0.15) is 0 Å². The molecule has 0 aliphatic heterocycles. The molecule has 0 aliphatic rings. The molecule has 0 fully saturated rings. The Morgan fingerprint density at radius 2 is 1.95 bits per heavy atom. The number of hydrogen-bond donors (Lipinski definition) is 2. The minimum absolute atomic E-state index is 0.0893. The van der Waals surface area contributed by atoms with Gasteiger partial charge in [-0.3, -0.25) is 4.79 Å². The molecule has 2 N–H and O–H groups in total. The first-order chi connectivity index (χ1) is 9.51. The summed E-state index contributed by atoms with van der Waals surface area (Å²) in [5, 5.41) is 6.39. The van der Waals surface area contributed by atoms with Crippen LogP contribution < -0.4 is 10.6 Å². The van der Waals surface area contributed by atoms with E-state index < -0.39 is 0 Å². The van der Waals surface area contributed by atoms with E-state index in [4.69, 9.17) is 0 Å². The van der Waals surface area contributed by atoms with Crippen molar-refractivity contribution in [1.82, 2.24) is 15.2 Å². The van der Waals surface area contributed by atoms with Crippen LogP contribution in [0.15, 0.2) is 18.5 Å². The van der Waals surface area contributed by atoms with E-state index >= 15 is 0 Å². The molecule has 20 heavy (non-hydrogen) atoms. The van der Waals surface area contributed by atoms with E-state index in [1.54, 1.807) is 0 Å². The minimum atomic E-state index is 0.0893. The molecule has 4 heteroatoms. The average Bonchev–Trinajstić information content (AvgIpc) is 2.84. The van der Waals surface area contributed by atoms with Crippen molar-refractivity contribution in [2.45, 2.75) is 59.2 Å². The van der Waals surface area contributed by atoms with Gasteiger partial charge in [-0.15, -0.1) is 0 Å². The molecule has 4 nitrogen and oxygen atoms in total. The lowest BCUT2D eigenvalue weighted by molar-refractivity contribution is -0.122. The fourth-order valence-corrected chi connectivity index (χ4v) is 2.56. The zero-order chi connectivity index (χ0) is 15.1. The topological polar surface area (TPSA) is 46.1 Å². The third-order valence-electron chi connectivity index (χ3n) is 3.79. The standard InChI is InChI=1S/C16H29N3O/c1-6-14(7-2)18-15(20)11-19-9-8-13(10-19)16(17-5)12(3)4/h8-10,12,14,16-17H,6-7,11H2,1-5H3,(H,18,20). The second kappa shape index (κ2) is 8.10. The van der Waals surface area contributed by atoms with Gasteiger partial charge >= 0.3 is 0 Å². The van der Waals surface area contributed by atoms with Gasteiger partial charge in [0.1, 0.15) is 6.54 Å². The molecule has 0 aliphatic carbocycles. The van der Waals surface area contributed by atoms with Crippen LogP contribution in [0.2, 0.25) is 0 Å². The van der Waals surface area contributed by atoms with Crippen molar-refractivity contribution in [1.29, 1.82) is 0 Å². The quantitative estimate of drug-likeness (QED) is 0.768. The Hall–Kier alpha value is -1.29. The maximum absolute atomic E-state index is 12.0.